The third kappa shape index (κ3) is 3.67. The van der Waals surface area contributed by atoms with Gasteiger partial charge in [-0.05, 0) is 35.8 Å². The summed E-state index contributed by atoms with van der Waals surface area (Å²) >= 11 is 3.57. The highest BCUT2D eigenvalue weighted by molar-refractivity contribution is 7.99. The normalized spacial score (nSPS) is 19.5. The first kappa shape index (κ1) is 19.9. The summed E-state index contributed by atoms with van der Waals surface area (Å²) in [6.45, 7) is 15.4. The minimum absolute atomic E-state index is 0.0589. The van der Waals surface area contributed by atoms with Crippen molar-refractivity contribution in [1.29, 1.82) is 0 Å². The molecule has 0 aromatic heterocycles. The van der Waals surface area contributed by atoms with E-state index in [1.807, 2.05) is 0 Å². The zero-order chi connectivity index (χ0) is 17.3. The molecule has 1 rings (SSSR count). The summed E-state index contributed by atoms with van der Waals surface area (Å²) in [4.78, 5) is 13.4. The van der Waals surface area contributed by atoms with Gasteiger partial charge < -0.3 is 0 Å². The van der Waals surface area contributed by atoms with Crippen LogP contribution in [0, 0.1) is 16.2 Å². The van der Waals surface area contributed by atoms with Crippen molar-refractivity contribution in [3.63, 3.8) is 0 Å². The lowest BCUT2D eigenvalue weighted by molar-refractivity contribution is -0.122. The van der Waals surface area contributed by atoms with Gasteiger partial charge in [0, 0.05) is 17.1 Å². The van der Waals surface area contributed by atoms with Gasteiger partial charge in [0.05, 0.1) is 5.41 Å². The molecule has 0 atom stereocenters. The Balaban J connectivity index is 3.68. The SMILES string of the molecule is CSCC1(CSC)C(=O)C(C(C)(C)C)=CC(C(C)(C)C)=C1C. The van der Waals surface area contributed by atoms with Gasteiger partial charge in [0.2, 0.25) is 0 Å². The number of ketones is 1. The van der Waals surface area contributed by atoms with Crippen LogP contribution in [0.3, 0.4) is 0 Å². The fourth-order valence-electron chi connectivity index (χ4n) is 3.22. The first-order valence-electron chi connectivity index (χ1n) is 7.88. The van der Waals surface area contributed by atoms with Gasteiger partial charge in [-0.15, -0.1) is 0 Å². The van der Waals surface area contributed by atoms with Crippen LogP contribution in [-0.2, 0) is 4.79 Å². The summed E-state index contributed by atoms with van der Waals surface area (Å²) < 4.78 is 0. The molecule has 0 saturated carbocycles. The number of carbonyl (C=O) groups is 1. The summed E-state index contributed by atoms with van der Waals surface area (Å²) in [5, 5.41) is 0. The average Bonchev–Trinajstić information content (AvgIpc) is 2.33. The Morgan fingerprint density at radius 1 is 0.955 bits per heavy atom. The summed E-state index contributed by atoms with van der Waals surface area (Å²) in [5.41, 5.74) is 3.21. The van der Waals surface area contributed by atoms with Crippen LogP contribution in [0.1, 0.15) is 48.5 Å². The van der Waals surface area contributed by atoms with Crippen molar-refractivity contribution in [2.45, 2.75) is 48.5 Å². The van der Waals surface area contributed by atoms with E-state index in [1.54, 1.807) is 23.5 Å². The highest BCUT2D eigenvalue weighted by Crippen LogP contribution is 2.49. The number of carbonyl (C=O) groups excluding carboxylic acids is 1. The standard InChI is InChI=1S/C19H32OS2/c1-13-14(17(2,3)4)10-15(18(5,6)7)16(20)19(13,11-21-8)12-22-9/h10H,11-12H2,1-9H3. The summed E-state index contributed by atoms with van der Waals surface area (Å²) in [7, 11) is 0. The van der Waals surface area contributed by atoms with Crippen molar-refractivity contribution >= 4 is 29.3 Å². The molecule has 0 N–H and O–H groups in total. The maximum atomic E-state index is 13.4. The van der Waals surface area contributed by atoms with E-state index in [0.717, 1.165) is 17.1 Å². The monoisotopic (exact) mass is 340 g/mol. The molecule has 1 aliphatic carbocycles. The third-order valence-electron chi connectivity index (χ3n) is 4.49. The van der Waals surface area contributed by atoms with Gasteiger partial charge in [-0.2, -0.15) is 23.5 Å². The van der Waals surface area contributed by atoms with Gasteiger partial charge in [-0.25, -0.2) is 0 Å². The highest BCUT2D eigenvalue weighted by Gasteiger charge is 2.47. The molecule has 0 fully saturated rings. The third-order valence-corrected chi connectivity index (χ3v) is 6.05. The number of hydrogen-bond acceptors (Lipinski definition) is 3. The predicted molar refractivity (Wildman–Crippen MR) is 104 cm³/mol. The van der Waals surface area contributed by atoms with Gasteiger partial charge in [-0.1, -0.05) is 53.2 Å². The lowest BCUT2D eigenvalue weighted by atomic mass is 9.63. The number of allylic oxidation sites excluding steroid dienone is 4. The highest BCUT2D eigenvalue weighted by atomic mass is 32.2. The second kappa shape index (κ2) is 6.76. The summed E-state index contributed by atoms with van der Waals surface area (Å²) in [6, 6.07) is 0. The van der Waals surface area contributed by atoms with Crippen LogP contribution in [0.25, 0.3) is 0 Å². The van der Waals surface area contributed by atoms with Crippen LogP contribution >= 0.6 is 23.5 Å². The maximum absolute atomic E-state index is 13.4. The van der Waals surface area contributed by atoms with E-state index >= 15 is 0 Å². The Hall–Kier alpha value is -0.150. The number of rotatable bonds is 4. The molecule has 0 spiro atoms. The van der Waals surface area contributed by atoms with Crippen molar-refractivity contribution < 1.29 is 4.79 Å². The lowest BCUT2D eigenvalue weighted by Crippen LogP contribution is -2.44. The van der Waals surface area contributed by atoms with Crippen molar-refractivity contribution in [3.05, 3.63) is 22.8 Å². The molecule has 0 bridgehead atoms. The van der Waals surface area contributed by atoms with Crippen LogP contribution in [0.5, 0.6) is 0 Å². The molecule has 3 heteroatoms. The van der Waals surface area contributed by atoms with E-state index in [2.05, 4.69) is 67.1 Å². The molecule has 0 unspecified atom stereocenters. The molecule has 0 aromatic rings. The Bertz CT molecular complexity index is 493. The minimum Gasteiger partial charge on any atom is -0.293 e. The molecule has 0 aliphatic heterocycles. The van der Waals surface area contributed by atoms with E-state index < -0.39 is 0 Å². The molecule has 0 radical (unpaired) electrons. The van der Waals surface area contributed by atoms with E-state index in [-0.39, 0.29) is 16.2 Å². The molecule has 0 amide bonds. The topological polar surface area (TPSA) is 17.1 Å². The second-order valence-electron chi connectivity index (χ2n) is 8.37. The predicted octanol–water partition coefficient (Wildman–Crippen LogP) is 5.62. The van der Waals surface area contributed by atoms with Crippen LogP contribution < -0.4 is 0 Å². The Morgan fingerprint density at radius 2 is 1.41 bits per heavy atom. The van der Waals surface area contributed by atoms with Crippen LogP contribution in [0.4, 0.5) is 0 Å². The first-order valence-corrected chi connectivity index (χ1v) is 10.7. The Labute approximate surface area is 145 Å². The number of Topliss-reactive ketones (excluding diaryl/α,β-unsaturated/α-hetero) is 1. The van der Waals surface area contributed by atoms with E-state index in [9.17, 15) is 4.79 Å². The maximum Gasteiger partial charge on any atom is 0.171 e. The molecule has 0 aromatic carbocycles. The van der Waals surface area contributed by atoms with Crippen molar-refractivity contribution in [1.82, 2.24) is 0 Å². The Morgan fingerprint density at radius 3 is 1.73 bits per heavy atom. The van der Waals surface area contributed by atoms with Crippen molar-refractivity contribution in [3.8, 4) is 0 Å². The number of hydrogen-bond donors (Lipinski definition) is 0. The molecule has 0 saturated heterocycles. The fraction of sp³-hybridized carbons (Fsp3) is 0.737. The molecule has 126 valence electrons. The van der Waals surface area contributed by atoms with E-state index in [4.69, 9.17) is 0 Å². The molecular formula is C19H32OS2. The second-order valence-corrected chi connectivity index (χ2v) is 10.1. The van der Waals surface area contributed by atoms with Gasteiger partial charge in [0.1, 0.15) is 0 Å². The largest absolute Gasteiger partial charge is 0.293 e. The number of thioether (sulfide) groups is 2. The van der Waals surface area contributed by atoms with Crippen molar-refractivity contribution in [2.75, 3.05) is 24.0 Å². The Kier molecular flexibility index (Phi) is 6.12. The van der Waals surface area contributed by atoms with Gasteiger partial charge >= 0.3 is 0 Å². The first-order chi connectivity index (χ1) is 9.91. The zero-order valence-electron chi connectivity index (χ0n) is 15.7. The van der Waals surface area contributed by atoms with Gasteiger partial charge in [0.25, 0.3) is 0 Å². The lowest BCUT2D eigenvalue weighted by Gasteiger charge is -2.43. The van der Waals surface area contributed by atoms with Crippen LogP contribution in [0.2, 0.25) is 0 Å². The summed E-state index contributed by atoms with van der Waals surface area (Å²) in [6.07, 6.45) is 6.40. The smallest absolute Gasteiger partial charge is 0.171 e. The van der Waals surface area contributed by atoms with Crippen LogP contribution in [-0.4, -0.2) is 29.8 Å². The van der Waals surface area contributed by atoms with Gasteiger partial charge in [0.15, 0.2) is 5.78 Å². The molecular weight excluding hydrogens is 308 g/mol. The van der Waals surface area contributed by atoms with E-state index in [0.29, 0.717) is 5.78 Å². The molecule has 0 heterocycles. The molecule has 1 aliphatic rings. The van der Waals surface area contributed by atoms with Crippen molar-refractivity contribution in [2.24, 2.45) is 16.2 Å². The average molecular weight is 341 g/mol. The quantitative estimate of drug-likeness (QED) is 0.661. The zero-order valence-corrected chi connectivity index (χ0v) is 17.3. The molecule has 1 nitrogen and oxygen atoms in total. The minimum atomic E-state index is -0.348. The fourth-order valence-corrected chi connectivity index (χ4v) is 5.24. The van der Waals surface area contributed by atoms with E-state index in [1.165, 1.54) is 11.1 Å². The summed E-state index contributed by atoms with van der Waals surface area (Å²) in [5.74, 6) is 2.08. The molecule has 22 heavy (non-hydrogen) atoms. The van der Waals surface area contributed by atoms with Gasteiger partial charge in [-0.3, -0.25) is 4.79 Å². The van der Waals surface area contributed by atoms with Crippen LogP contribution in [0.15, 0.2) is 22.8 Å².